The zero-order valence-electron chi connectivity index (χ0n) is 15.7. The number of ether oxygens (including phenoxy) is 1. The molecule has 0 aliphatic carbocycles. The van der Waals surface area contributed by atoms with E-state index in [-0.39, 0.29) is 11.6 Å². The third kappa shape index (κ3) is 3.62. The number of nitrogens with one attached hydrogen (secondary N) is 1. The highest BCUT2D eigenvalue weighted by atomic mass is 16.6. The second kappa shape index (κ2) is 7.63. The maximum atomic E-state index is 13.3. The van der Waals surface area contributed by atoms with E-state index in [1.165, 1.54) is 12.1 Å². The number of rotatable bonds is 5. The van der Waals surface area contributed by atoms with Crippen LogP contribution in [-0.4, -0.2) is 22.8 Å². The number of amides is 1. The molecule has 1 N–H and O–H groups in total. The Hall–Kier alpha value is -3.87. The number of hydrogen-bond donors (Lipinski definition) is 1. The molecule has 0 bridgehead atoms. The second-order valence-corrected chi connectivity index (χ2v) is 6.72. The Morgan fingerprint density at radius 3 is 2.38 bits per heavy atom. The molecule has 0 saturated heterocycles. The predicted molar refractivity (Wildman–Crippen MR) is 109 cm³/mol. The van der Waals surface area contributed by atoms with Gasteiger partial charge in [0.2, 0.25) is 0 Å². The highest BCUT2D eigenvalue weighted by molar-refractivity contribution is 6.01. The number of para-hydroxylation sites is 1. The topological polar surface area (TPSA) is 84.7 Å². The molecule has 146 valence electrons. The van der Waals surface area contributed by atoms with Gasteiger partial charge in [0.1, 0.15) is 11.9 Å². The number of nitro groups is 1. The number of benzene rings is 3. The average molecular weight is 389 g/mol. The van der Waals surface area contributed by atoms with Crippen molar-refractivity contribution in [1.29, 1.82) is 0 Å². The summed E-state index contributed by atoms with van der Waals surface area (Å²) in [7, 11) is 1.61. The van der Waals surface area contributed by atoms with Crippen LogP contribution >= 0.6 is 0 Å². The molecule has 0 aromatic heterocycles. The Kier molecular flexibility index (Phi) is 4.87. The molecule has 0 radical (unpaired) electrons. The lowest BCUT2D eigenvalue weighted by Gasteiger charge is -2.38. The second-order valence-electron chi connectivity index (χ2n) is 6.72. The SMILES string of the molecule is COc1ccc(CN2C(=O)c3ccccc3NC2c2ccc([N+](=O)[O-])cc2)cc1. The Bertz CT molecular complexity index is 1050. The molecular weight excluding hydrogens is 370 g/mol. The van der Waals surface area contributed by atoms with Crippen LogP contribution in [-0.2, 0) is 6.54 Å². The number of anilines is 1. The normalized spacial score (nSPS) is 15.4. The molecule has 7 heteroatoms. The summed E-state index contributed by atoms with van der Waals surface area (Å²) in [6.07, 6.45) is -0.444. The minimum absolute atomic E-state index is 0.0120. The first kappa shape index (κ1) is 18.5. The van der Waals surface area contributed by atoms with Gasteiger partial charge in [0, 0.05) is 24.4 Å². The van der Waals surface area contributed by atoms with Gasteiger partial charge in [-0.2, -0.15) is 0 Å². The summed E-state index contributed by atoms with van der Waals surface area (Å²) in [4.78, 5) is 25.5. The minimum atomic E-state index is -0.444. The van der Waals surface area contributed by atoms with Crippen LogP contribution in [0.3, 0.4) is 0 Å². The highest BCUT2D eigenvalue weighted by Crippen LogP contribution is 2.34. The summed E-state index contributed by atoms with van der Waals surface area (Å²) in [6, 6.07) is 21.1. The van der Waals surface area contributed by atoms with Gasteiger partial charge < -0.3 is 15.0 Å². The van der Waals surface area contributed by atoms with Crippen molar-refractivity contribution in [3.63, 3.8) is 0 Å². The number of carbonyl (C=O) groups is 1. The smallest absolute Gasteiger partial charge is 0.269 e. The van der Waals surface area contributed by atoms with E-state index in [2.05, 4.69) is 5.32 Å². The van der Waals surface area contributed by atoms with Crippen molar-refractivity contribution in [2.45, 2.75) is 12.7 Å². The molecule has 7 nitrogen and oxygen atoms in total. The minimum Gasteiger partial charge on any atom is -0.497 e. The Morgan fingerprint density at radius 1 is 1.03 bits per heavy atom. The van der Waals surface area contributed by atoms with Crippen LogP contribution in [0.4, 0.5) is 11.4 Å². The zero-order chi connectivity index (χ0) is 20.4. The van der Waals surface area contributed by atoms with Crippen molar-refractivity contribution < 1.29 is 14.5 Å². The summed E-state index contributed by atoms with van der Waals surface area (Å²) in [5.41, 5.74) is 3.07. The van der Waals surface area contributed by atoms with Crippen molar-refractivity contribution in [3.05, 3.63) is 99.6 Å². The first-order valence-electron chi connectivity index (χ1n) is 9.10. The van der Waals surface area contributed by atoms with Gasteiger partial charge in [0.15, 0.2) is 0 Å². The number of fused-ring (bicyclic) bond motifs is 1. The Labute approximate surface area is 167 Å². The summed E-state index contributed by atoms with van der Waals surface area (Å²) in [5.74, 6) is 0.646. The number of hydrogen-bond acceptors (Lipinski definition) is 5. The molecule has 0 saturated carbocycles. The lowest BCUT2D eigenvalue weighted by atomic mass is 10.0. The van der Waals surface area contributed by atoms with Gasteiger partial charge in [-0.25, -0.2) is 0 Å². The number of methoxy groups -OCH3 is 1. The maximum Gasteiger partial charge on any atom is 0.269 e. The standard InChI is InChI=1S/C22H19N3O4/c1-29-18-12-6-15(7-13-18)14-24-21(16-8-10-17(11-9-16)25(27)28)23-20-5-3-2-4-19(20)22(24)26/h2-13,21,23H,14H2,1H3. The van der Waals surface area contributed by atoms with E-state index in [0.29, 0.717) is 12.1 Å². The molecule has 1 aliphatic rings. The van der Waals surface area contributed by atoms with Gasteiger partial charge in [0.05, 0.1) is 17.6 Å². The van der Waals surface area contributed by atoms with Crippen LogP contribution in [0.5, 0.6) is 5.75 Å². The third-order valence-corrected chi connectivity index (χ3v) is 4.95. The quantitative estimate of drug-likeness (QED) is 0.517. The van der Waals surface area contributed by atoms with Crippen LogP contribution in [0.25, 0.3) is 0 Å². The third-order valence-electron chi connectivity index (χ3n) is 4.95. The molecule has 1 heterocycles. The monoisotopic (exact) mass is 389 g/mol. The molecular formula is C22H19N3O4. The van der Waals surface area contributed by atoms with E-state index < -0.39 is 11.1 Å². The molecule has 29 heavy (non-hydrogen) atoms. The molecule has 1 atom stereocenters. The molecule has 0 spiro atoms. The van der Waals surface area contributed by atoms with Crippen LogP contribution in [0.1, 0.15) is 27.7 Å². The number of nitrogens with zero attached hydrogens (tertiary/aromatic N) is 2. The molecule has 1 amide bonds. The van der Waals surface area contributed by atoms with E-state index in [1.54, 1.807) is 30.2 Å². The van der Waals surface area contributed by atoms with Crippen molar-refractivity contribution >= 4 is 17.3 Å². The van der Waals surface area contributed by atoms with Crippen LogP contribution < -0.4 is 10.1 Å². The van der Waals surface area contributed by atoms with Gasteiger partial charge in [0.25, 0.3) is 11.6 Å². The van der Waals surface area contributed by atoms with E-state index in [0.717, 1.165) is 22.6 Å². The maximum absolute atomic E-state index is 13.3. The summed E-state index contributed by atoms with van der Waals surface area (Å²) in [5, 5.41) is 14.4. The highest BCUT2D eigenvalue weighted by Gasteiger charge is 2.33. The molecule has 3 aromatic rings. The summed E-state index contributed by atoms with van der Waals surface area (Å²) < 4.78 is 5.20. The van der Waals surface area contributed by atoms with Crippen LogP contribution in [0.15, 0.2) is 72.8 Å². The van der Waals surface area contributed by atoms with Crippen molar-refractivity contribution in [2.75, 3.05) is 12.4 Å². The van der Waals surface area contributed by atoms with Gasteiger partial charge >= 0.3 is 0 Å². The van der Waals surface area contributed by atoms with E-state index in [1.807, 2.05) is 42.5 Å². The largest absolute Gasteiger partial charge is 0.497 e. The molecule has 1 unspecified atom stereocenters. The average Bonchev–Trinajstić information content (AvgIpc) is 2.76. The van der Waals surface area contributed by atoms with E-state index >= 15 is 0 Å². The fraction of sp³-hybridized carbons (Fsp3) is 0.136. The number of carbonyl (C=O) groups excluding carboxylic acids is 1. The van der Waals surface area contributed by atoms with Crippen LogP contribution in [0, 0.1) is 10.1 Å². The first-order valence-corrected chi connectivity index (χ1v) is 9.10. The number of nitro benzene ring substituents is 1. The fourth-order valence-electron chi connectivity index (χ4n) is 3.42. The van der Waals surface area contributed by atoms with Gasteiger partial charge in [-0.1, -0.05) is 24.3 Å². The lowest BCUT2D eigenvalue weighted by Crippen LogP contribution is -2.42. The molecule has 1 aliphatic heterocycles. The summed E-state index contributed by atoms with van der Waals surface area (Å²) >= 11 is 0. The van der Waals surface area contributed by atoms with Crippen molar-refractivity contribution in [2.24, 2.45) is 0 Å². The van der Waals surface area contributed by atoms with Gasteiger partial charge in [-0.05, 0) is 47.5 Å². The van der Waals surface area contributed by atoms with Gasteiger partial charge in [-0.3, -0.25) is 14.9 Å². The van der Waals surface area contributed by atoms with E-state index in [9.17, 15) is 14.9 Å². The fourth-order valence-corrected chi connectivity index (χ4v) is 3.42. The zero-order valence-corrected chi connectivity index (χ0v) is 15.7. The Morgan fingerprint density at radius 2 is 1.72 bits per heavy atom. The van der Waals surface area contributed by atoms with Gasteiger partial charge in [-0.15, -0.1) is 0 Å². The Balaban J connectivity index is 1.71. The van der Waals surface area contributed by atoms with E-state index in [4.69, 9.17) is 4.74 Å². The van der Waals surface area contributed by atoms with Crippen molar-refractivity contribution in [1.82, 2.24) is 4.90 Å². The molecule has 3 aromatic carbocycles. The molecule has 4 rings (SSSR count). The first-order chi connectivity index (χ1) is 14.1. The van der Waals surface area contributed by atoms with Crippen LogP contribution in [0.2, 0.25) is 0 Å². The predicted octanol–water partition coefficient (Wildman–Crippen LogP) is 4.37. The van der Waals surface area contributed by atoms with Crippen molar-refractivity contribution in [3.8, 4) is 5.75 Å². The summed E-state index contributed by atoms with van der Waals surface area (Å²) in [6.45, 7) is 0.381. The lowest BCUT2D eigenvalue weighted by molar-refractivity contribution is -0.384. The number of non-ortho nitro benzene ring substituents is 1. The molecule has 0 fully saturated rings.